The summed E-state index contributed by atoms with van der Waals surface area (Å²) in [4.78, 5) is 0. The standard InChI is InChI=1S/C9H18O2/c1-9(5-3-7-10)6-4-8-11-2/h5,10H,3-4,6-8H2,1-2H3/b9-5+. The molecule has 66 valence electrons. The number of methoxy groups -OCH3 is 1. The highest BCUT2D eigenvalue weighted by Gasteiger charge is 1.89. The van der Waals surface area contributed by atoms with Gasteiger partial charge in [-0.15, -0.1) is 0 Å². The third kappa shape index (κ3) is 7.56. The second-order valence-corrected chi connectivity index (χ2v) is 2.66. The minimum Gasteiger partial charge on any atom is -0.396 e. The van der Waals surface area contributed by atoms with Crippen molar-refractivity contribution >= 4 is 0 Å². The van der Waals surface area contributed by atoms with Crippen LogP contribution in [0.4, 0.5) is 0 Å². The molecule has 0 aromatic carbocycles. The zero-order chi connectivity index (χ0) is 8.53. The van der Waals surface area contributed by atoms with E-state index in [1.54, 1.807) is 7.11 Å². The number of hydrogen-bond donors (Lipinski definition) is 1. The smallest absolute Gasteiger partial charge is 0.0465 e. The second kappa shape index (κ2) is 7.76. The Kier molecular flexibility index (Phi) is 7.52. The Bertz CT molecular complexity index is 108. The molecule has 0 spiro atoms. The molecule has 0 unspecified atom stereocenters. The molecule has 0 radical (unpaired) electrons. The molecule has 0 aromatic heterocycles. The van der Waals surface area contributed by atoms with Crippen LogP contribution in [0, 0.1) is 0 Å². The number of ether oxygens (including phenoxy) is 1. The summed E-state index contributed by atoms with van der Waals surface area (Å²) >= 11 is 0. The van der Waals surface area contributed by atoms with Gasteiger partial charge in [-0.3, -0.25) is 0 Å². The molecule has 0 aromatic rings. The summed E-state index contributed by atoms with van der Waals surface area (Å²) in [5, 5.41) is 8.52. The van der Waals surface area contributed by atoms with Crippen LogP contribution in [0.5, 0.6) is 0 Å². The van der Waals surface area contributed by atoms with Crippen molar-refractivity contribution in [3.8, 4) is 0 Å². The van der Waals surface area contributed by atoms with E-state index in [4.69, 9.17) is 9.84 Å². The van der Waals surface area contributed by atoms with E-state index in [2.05, 4.69) is 13.0 Å². The van der Waals surface area contributed by atoms with Gasteiger partial charge in [-0.1, -0.05) is 11.6 Å². The van der Waals surface area contributed by atoms with Crippen LogP contribution in [-0.4, -0.2) is 25.4 Å². The van der Waals surface area contributed by atoms with Gasteiger partial charge in [0.05, 0.1) is 0 Å². The number of aliphatic hydroxyl groups excluding tert-OH is 1. The van der Waals surface area contributed by atoms with E-state index in [1.807, 2.05) is 0 Å². The van der Waals surface area contributed by atoms with Crippen LogP contribution in [0.1, 0.15) is 26.2 Å². The Labute approximate surface area is 68.9 Å². The summed E-state index contributed by atoms with van der Waals surface area (Å²) in [7, 11) is 1.72. The quantitative estimate of drug-likeness (QED) is 0.471. The molecular weight excluding hydrogens is 140 g/mol. The molecule has 0 saturated carbocycles. The number of allylic oxidation sites excluding steroid dienone is 1. The second-order valence-electron chi connectivity index (χ2n) is 2.66. The van der Waals surface area contributed by atoms with Crippen molar-refractivity contribution in [2.24, 2.45) is 0 Å². The molecule has 0 atom stereocenters. The fourth-order valence-electron chi connectivity index (χ4n) is 0.908. The van der Waals surface area contributed by atoms with Crippen molar-refractivity contribution in [1.82, 2.24) is 0 Å². The van der Waals surface area contributed by atoms with E-state index in [1.165, 1.54) is 5.57 Å². The first-order valence-electron chi connectivity index (χ1n) is 4.06. The summed E-state index contributed by atoms with van der Waals surface area (Å²) < 4.78 is 4.92. The van der Waals surface area contributed by atoms with Crippen molar-refractivity contribution in [3.63, 3.8) is 0 Å². The molecule has 0 fully saturated rings. The topological polar surface area (TPSA) is 29.5 Å². The molecule has 2 heteroatoms. The highest BCUT2D eigenvalue weighted by atomic mass is 16.5. The van der Waals surface area contributed by atoms with Crippen molar-refractivity contribution in [3.05, 3.63) is 11.6 Å². The van der Waals surface area contributed by atoms with Gasteiger partial charge in [0, 0.05) is 20.3 Å². The van der Waals surface area contributed by atoms with Crippen LogP contribution in [0.25, 0.3) is 0 Å². The third-order valence-electron chi connectivity index (χ3n) is 1.54. The lowest BCUT2D eigenvalue weighted by atomic mass is 10.1. The van der Waals surface area contributed by atoms with Gasteiger partial charge >= 0.3 is 0 Å². The van der Waals surface area contributed by atoms with E-state index in [0.29, 0.717) is 0 Å². The molecule has 0 bridgehead atoms. The molecule has 0 aliphatic carbocycles. The maximum absolute atomic E-state index is 8.52. The van der Waals surface area contributed by atoms with Gasteiger partial charge in [0.15, 0.2) is 0 Å². The average molecular weight is 158 g/mol. The maximum Gasteiger partial charge on any atom is 0.0465 e. The van der Waals surface area contributed by atoms with Crippen LogP contribution in [0.2, 0.25) is 0 Å². The Morgan fingerprint density at radius 3 is 2.82 bits per heavy atom. The van der Waals surface area contributed by atoms with E-state index < -0.39 is 0 Å². The number of aliphatic hydroxyl groups is 1. The summed E-state index contributed by atoms with van der Waals surface area (Å²) in [6, 6.07) is 0. The maximum atomic E-state index is 8.52. The fourth-order valence-corrected chi connectivity index (χ4v) is 0.908. The molecule has 0 aliphatic rings. The molecule has 2 nitrogen and oxygen atoms in total. The molecule has 0 aliphatic heterocycles. The van der Waals surface area contributed by atoms with Gasteiger partial charge < -0.3 is 9.84 Å². The summed E-state index contributed by atoms with van der Waals surface area (Å²) in [5.74, 6) is 0. The Morgan fingerprint density at radius 2 is 2.27 bits per heavy atom. The van der Waals surface area contributed by atoms with Crippen LogP contribution >= 0.6 is 0 Å². The molecule has 0 heterocycles. The van der Waals surface area contributed by atoms with Gasteiger partial charge in [-0.2, -0.15) is 0 Å². The Morgan fingerprint density at radius 1 is 1.55 bits per heavy atom. The number of hydrogen-bond acceptors (Lipinski definition) is 2. The monoisotopic (exact) mass is 158 g/mol. The molecule has 0 amide bonds. The van der Waals surface area contributed by atoms with E-state index in [9.17, 15) is 0 Å². The first kappa shape index (κ1) is 10.7. The molecular formula is C9H18O2. The van der Waals surface area contributed by atoms with Crippen LogP contribution < -0.4 is 0 Å². The number of rotatable bonds is 6. The molecule has 11 heavy (non-hydrogen) atoms. The van der Waals surface area contributed by atoms with Gasteiger partial charge in [0.1, 0.15) is 0 Å². The third-order valence-corrected chi connectivity index (χ3v) is 1.54. The van der Waals surface area contributed by atoms with Crippen molar-refractivity contribution < 1.29 is 9.84 Å². The lowest BCUT2D eigenvalue weighted by molar-refractivity contribution is 0.195. The highest BCUT2D eigenvalue weighted by molar-refractivity contribution is 4.97. The van der Waals surface area contributed by atoms with Crippen molar-refractivity contribution in [1.29, 1.82) is 0 Å². The zero-order valence-corrected chi connectivity index (χ0v) is 7.47. The van der Waals surface area contributed by atoms with E-state index in [-0.39, 0.29) is 6.61 Å². The first-order chi connectivity index (χ1) is 5.31. The highest BCUT2D eigenvalue weighted by Crippen LogP contribution is 2.04. The summed E-state index contributed by atoms with van der Waals surface area (Å²) in [6.45, 7) is 3.16. The van der Waals surface area contributed by atoms with E-state index >= 15 is 0 Å². The molecule has 0 rings (SSSR count). The summed E-state index contributed by atoms with van der Waals surface area (Å²) in [5.41, 5.74) is 1.34. The first-order valence-corrected chi connectivity index (χ1v) is 4.06. The van der Waals surface area contributed by atoms with Crippen molar-refractivity contribution in [2.75, 3.05) is 20.3 Å². The van der Waals surface area contributed by atoms with Crippen molar-refractivity contribution in [2.45, 2.75) is 26.2 Å². The SMILES string of the molecule is COCCC/C(C)=C/CCO. The average Bonchev–Trinajstić information content (AvgIpc) is 2.01. The predicted octanol–water partition coefficient (Wildman–Crippen LogP) is 1.74. The largest absolute Gasteiger partial charge is 0.396 e. The summed E-state index contributed by atoms with van der Waals surface area (Å²) in [6.07, 6.45) is 5.01. The molecule has 1 N–H and O–H groups in total. The fraction of sp³-hybridized carbons (Fsp3) is 0.778. The lowest BCUT2D eigenvalue weighted by Gasteiger charge is -1.99. The predicted molar refractivity (Wildman–Crippen MR) is 46.6 cm³/mol. The Balaban J connectivity index is 3.27. The van der Waals surface area contributed by atoms with Gasteiger partial charge in [-0.05, 0) is 26.2 Å². The Hall–Kier alpha value is -0.340. The van der Waals surface area contributed by atoms with Crippen LogP contribution in [0.15, 0.2) is 11.6 Å². The van der Waals surface area contributed by atoms with Gasteiger partial charge in [0.2, 0.25) is 0 Å². The van der Waals surface area contributed by atoms with Gasteiger partial charge in [-0.25, -0.2) is 0 Å². The normalized spacial score (nSPS) is 12.1. The minimum atomic E-state index is 0.252. The van der Waals surface area contributed by atoms with Crippen LogP contribution in [0.3, 0.4) is 0 Å². The van der Waals surface area contributed by atoms with Gasteiger partial charge in [0.25, 0.3) is 0 Å². The van der Waals surface area contributed by atoms with Crippen LogP contribution in [-0.2, 0) is 4.74 Å². The van der Waals surface area contributed by atoms with E-state index in [0.717, 1.165) is 25.9 Å². The minimum absolute atomic E-state index is 0.252. The molecule has 0 saturated heterocycles. The zero-order valence-electron chi connectivity index (χ0n) is 7.47. The lowest BCUT2D eigenvalue weighted by Crippen LogP contribution is -1.89.